The van der Waals surface area contributed by atoms with Gasteiger partial charge in [0.25, 0.3) is 0 Å². The largest absolute Gasteiger partial charge is 0.469 e. The van der Waals surface area contributed by atoms with E-state index >= 15 is 0 Å². The van der Waals surface area contributed by atoms with Crippen molar-refractivity contribution in [2.75, 3.05) is 31.6 Å². The second kappa shape index (κ2) is 10.4. The third kappa shape index (κ3) is 5.05. The van der Waals surface area contributed by atoms with Gasteiger partial charge in [0, 0.05) is 23.5 Å². The average Bonchev–Trinajstić information content (AvgIpc) is 3.40. The number of hydrogen-bond donors (Lipinski definition) is 2. The van der Waals surface area contributed by atoms with E-state index in [1.807, 2.05) is 53.6 Å². The molecule has 1 saturated heterocycles. The highest BCUT2D eigenvalue weighted by atomic mass is 16.5. The van der Waals surface area contributed by atoms with E-state index in [-0.39, 0.29) is 12.1 Å². The van der Waals surface area contributed by atoms with Crippen LogP contribution >= 0.6 is 0 Å². The number of nitriles is 1. The molecule has 0 bridgehead atoms. The number of nitrogens with zero attached hydrogens (tertiary/aromatic N) is 4. The number of nitrogens with one attached hydrogen (secondary N) is 2. The fraction of sp³-hybridized carbons (Fsp3) is 0.276. The molecule has 4 heterocycles. The van der Waals surface area contributed by atoms with Crippen molar-refractivity contribution in [3.05, 3.63) is 95.9 Å². The quantitative estimate of drug-likeness (QED) is 0.382. The van der Waals surface area contributed by atoms with Crippen molar-refractivity contribution in [1.29, 1.82) is 5.26 Å². The number of fused-ring (bicyclic) bond motifs is 1. The number of benzene rings is 2. The van der Waals surface area contributed by atoms with Crippen molar-refractivity contribution in [3.63, 3.8) is 0 Å². The zero-order valence-electron chi connectivity index (χ0n) is 20.4. The van der Waals surface area contributed by atoms with Gasteiger partial charge < -0.3 is 20.1 Å². The molecule has 6 rings (SSSR count). The summed E-state index contributed by atoms with van der Waals surface area (Å²) in [4.78, 5) is 4.65. The maximum atomic E-state index is 9.03. The molecule has 0 radical (unpaired) electrons. The summed E-state index contributed by atoms with van der Waals surface area (Å²) in [5.41, 5.74) is 5.95. The molecule has 8 nitrogen and oxygen atoms in total. The molecule has 1 fully saturated rings. The lowest BCUT2D eigenvalue weighted by Gasteiger charge is -2.33. The Bertz CT molecular complexity index is 1390. The monoisotopic (exact) mass is 492 g/mol. The third-order valence-electron chi connectivity index (χ3n) is 6.93. The Morgan fingerprint density at radius 1 is 1.08 bits per heavy atom. The Hall–Kier alpha value is -4.19. The van der Waals surface area contributed by atoms with Gasteiger partial charge in [-0.1, -0.05) is 42.5 Å². The highest BCUT2D eigenvalue weighted by Gasteiger charge is 2.30. The second-order valence-electron chi connectivity index (χ2n) is 9.42. The molecule has 2 N–H and O–H groups in total. The van der Waals surface area contributed by atoms with E-state index in [1.54, 1.807) is 0 Å². The molecule has 4 aromatic rings. The van der Waals surface area contributed by atoms with Gasteiger partial charge in [-0.3, -0.25) is 4.68 Å². The predicted molar refractivity (Wildman–Crippen MR) is 140 cm³/mol. The molecule has 0 unspecified atom stereocenters. The van der Waals surface area contributed by atoms with Gasteiger partial charge in [-0.2, -0.15) is 10.4 Å². The Labute approximate surface area is 215 Å². The maximum Gasteiger partial charge on any atom is 0.237 e. The van der Waals surface area contributed by atoms with Crippen molar-refractivity contribution in [1.82, 2.24) is 20.1 Å². The summed E-state index contributed by atoms with van der Waals surface area (Å²) >= 11 is 0. The predicted octanol–water partition coefficient (Wildman–Crippen LogP) is 4.13. The zero-order valence-corrected chi connectivity index (χ0v) is 20.4. The van der Waals surface area contributed by atoms with E-state index in [9.17, 15) is 0 Å². The first-order valence-electron chi connectivity index (χ1n) is 12.6. The van der Waals surface area contributed by atoms with E-state index in [4.69, 9.17) is 14.7 Å². The third-order valence-corrected chi connectivity index (χ3v) is 6.93. The van der Waals surface area contributed by atoms with Crippen molar-refractivity contribution in [3.8, 4) is 23.1 Å². The van der Waals surface area contributed by atoms with Crippen LogP contribution in [0.1, 0.15) is 28.8 Å². The highest BCUT2D eigenvalue weighted by Crippen LogP contribution is 2.34. The van der Waals surface area contributed by atoms with Gasteiger partial charge in [-0.25, -0.2) is 4.98 Å². The van der Waals surface area contributed by atoms with Crippen LogP contribution in [0.2, 0.25) is 0 Å². The summed E-state index contributed by atoms with van der Waals surface area (Å²) in [6, 6.07) is 22.7. The maximum absolute atomic E-state index is 9.03. The van der Waals surface area contributed by atoms with Crippen LogP contribution in [-0.2, 0) is 11.2 Å². The van der Waals surface area contributed by atoms with Gasteiger partial charge >= 0.3 is 0 Å². The first kappa shape index (κ1) is 23.2. The van der Waals surface area contributed by atoms with E-state index in [1.165, 1.54) is 11.1 Å². The molecule has 2 aliphatic rings. The molecule has 2 aliphatic heterocycles. The topological polar surface area (TPSA) is 97.0 Å². The van der Waals surface area contributed by atoms with Crippen molar-refractivity contribution >= 4 is 5.69 Å². The van der Waals surface area contributed by atoms with Crippen LogP contribution in [0.5, 0.6) is 5.88 Å². The average molecular weight is 493 g/mol. The van der Waals surface area contributed by atoms with Crippen molar-refractivity contribution in [2.45, 2.75) is 24.6 Å². The lowest BCUT2D eigenvalue weighted by molar-refractivity contribution is -0.0286. The molecule has 186 valence electrons. The number of hydrogen-bond acceptors (Lipinski definition) is 7. The van der Waals surface area contributed by atoms with Crippen LogP contribution in [-0.4, -0.2) is 47.2 Å². The summed E-state index contributed by atoms with van der Waals surface area (Å²) in [5.74, 6) is 0.606. The first-order valence-corrected chi connectivity index (χ1v) is 12.6. The first-order chi connectivity index (χ1) is 18.3. The second-order valence-corrected chi connectivity index (χ2v) is 9.42. The molecule has 37 heavy (non-hydrogen) atoms. The van der Waals surface area contributed by atoms with Crippen molar-refractivity contribution < 1.29 is 9.47 Å². The molecule has 0 amide bonds. The summed E-state index contributed by atoms with van der Waals surface area (Å²) in [5, 5.41) is 20.8. The fourth-order valence-electron chi connectivity index (χ4n) is 4.72. The molecule has 0 aliphatic carbocycles. The molecule has 2 aromatic heterocycles. The van der Waals surface area contributed by atoms with Crippen LogP contribution in [0.25, 0.3) is 11.1 Å². The fourth-order valence-corrected chi connectivity index (χ4v) is 4.72. The van der Waals surface area contributed by atoms with E-state index < -0.39 is 0 Å². The number of ether oxygens (including phenoxy) is 2. The summed E-state index contributed by atoms with van der Waals surface area (Å²) in [6.07, 6.45) is 6.49. The molecular formula is C29H28N6O2. The van der Waals surface area contributed by atoms with Crippen molar-refractivity contribution in [2.24, 2.45) is 0 Å². The van der Waals surface area contributed by atoms with Gasteiger partial charge in [-0.05, 0) is 42.3 Å². The van der Waals surface area contributed by atoms with E-state index in [0.717, 1.165) is 29.8 Å². The number of rotatable bonds is 8. The Kier molecular flexibility index (Phi) is 6.55. The SMILES string of the molecule is N#Cc1ccc(CCN[C@H](c2ccccc2)[C@@H]2CNc3cc(-c4cnn(C5COC5)c4)cnc3O2)cc1. The molecular weight excluding hydrogens is 464 g/mol. The van der Waals surface area contributed by atoms with E-state index in [0.29, 0.717) is 37.2 Å². The minimum Gasteiger partial charge on any atom is -0.469 e. The summed E-state index contributed by atoms with van der Waals surface area (Å²) in [6.45, 7) is 2.86. The van der Waals surface area contributed by atoms with Crippen LogP contribution in [0.4, 0.5) is 5.69 Å². The minimum absolute atomic E-state index is 0.00960. The molecule has 0 saturated carbocycles. The minimum atomic E-state index is -0.129. The van der Waals surface area contributed by atoms with Crippen LogP contribution in [0.15, 0.2) is 79.3 Å². The number of anilines is 1. The van der Waals surface area contributed by atoms with Crippen LogP contribution in [0.3, 0.4) is 0 Å². The Balaban J connectivity index is 1.15. The summed E-state index contributed by atoms with van der Waals surface area (Å²) < 4.78 is 13.7. The summed E-state index contributed by atoms with van der Waals surface area (Å²) in [7, 11) is 0. The lowest BCUT2D eigenvalue weighted by atomic mass is 9.99. The highest BCUT2D eigenvalue weighted by molar-refractivity contribution is 5.69. The molecule has 0 spiro atoms. The smallest absolute Gasteiger partial charge is 0.237 e. The van der Waals surface area contributed by atoms with Gasteiger partial charge in [0.05, 0.1) is 55.4 Å². The normalized spacial score (nSPS) is 17.5. The van der Waals surface area contributed by atoms with Gasteiger partial charge in [0.2, 0.25) is 5.88 Å². The number of pyridine rings is 1. The standard InChI is InChI=1S/C29H28N6O2/c30-13-21-8-6-20(7-9-21)10-11-31-28(22-4-2-1-3-5-22)27-16-32-26-12-23(14-33-29(26)37-27)24-15-34-35(17-24)25-18-36-19-25/h1-9,12,14-15,17,25,27-28,31-32H,10-11,16,18-19H2/t27-,28+/m0/s1. The lowest BCUT2D eigenvalue weighted by Crippen LogP contribution is -2.43. The Morgan fingerprint density at radius 2 is 1.92 bits per heavy atom. The van der Waals surface area contributed by atoms with Gasteiger partial charge in [-0.15, -0.1) is 0 Å². The molecule has 8 heteroatoms. The van der Waals surface area contributed by atoms with Gasteiger partial charge in [0.15, 0.2) is 0 Å². The van der Waals surface area contributed by atoms with E-state index in [2.05, 4.69) is 57.1 Å². The molecule has 2 atom stereocenters. The molecule has 2 aromatic carbocycles. The Morgan fingerprint density at radius 3 is 2.68 bits per heavy atom. The zero-order chi connectivity index (χ0) is 25.0. The van der Waals surface area contributed by atoms with Gasteiger partial charge in [0.1, 0.15) is 6.10 Å². The van der Waals surface area contributed by atoms with Crippen LogP contribution < -0.4 is 15.4 Å². The number of aromatic nitrogens is 3. The van der Waals surface area contributed by atoms with Crippen LogP contribution in [0, 0.1) is 11.3 Å².